The Morgan fingerprint density at radius 2 is 2.19 bits per heavy atom. The SMILES string of the molecule is CN(Cc1ncc[nH]1)S(=O)(=O)c1cc(N)ccc1C(=O)O. The lowest BCUT2D eigenvalue weighted by atomic mass is 10.2. The van der Waals surface area contributed by atoms with E-state index in [1.807, 2.05) is 0 Å². The summed E-state index contributed by atoms with van der Waals surface area (Å²) < 4.78 is 26.0. The number of benzene rings is 1. The van der Waals surface area contributed by atoms with E-state index < -0.39 is 16.0 Å². The lowest BCUT2D eigenvalue weighted by molar-refractivity contribution is 0.0692. The molecule has 2 aromatic rings. The molecule has 1 aromatic heterocycles. The molecule has 112 valence electrons. The zero-order valence-corrected chi connectivity index (χ0v) is 12.0. The minimum Gasteiger partial charge on any atom is -0.478 e. The average molecular weight is 310 g/mol. The Morgan fingerprint density at radius 1 is 1.48 bits per heavy atom. The number of nitrogens with two attached hydrogens (primary N) is 1. The molecule has 0 aliphatic carbocycles. The Kier molecular flexibility index (Phi) is 3.96. The van der Waals surface area contributed by atoms with Gasteiger partial charge >= 0.3 is 5.97 Å². The smallest absolute Gasteiger partial charge is 0.337 e. The van der Waals surface area contributed by atoms with Crippen molar-refractivity contribution in [2.45, 2.75) is 11.4 Å². The van der Waals surface area contributed by atoms with E-state index in [0.29, 0.717) is 5.82 Å². The van der Waals surface area contributed by atoms with E-state index in [1.54, 1.807) is 6.20 Å². The number of sulfonamides is 1. The molecule has 0 aliphatic rings. The number of nitrogens with one attached hydrogen (secondary N) is 1. The number of hydrogen-bond acceptors (Lipinski definition) is 5. The maximum atomic E-state index is 12.5. The summed E-state index contributed by atoms with van der Waals surface area (Å²) in [4.78, 5) is 17.6. The van der Waals surface area contributed by atoms with Crippen molar-refractivity contribution in [3.63, 3.8) is 0 Å². The summed E-state index contributed by atoms with van der Waals surface area (Å²) in [6.07, 6.45) is 3.07. The van der Waals surface area contributed by atoms with E-state index in [-0.39, 0.29) is 22.7 Å². The first-order chi connectivity index (χ1) is 9.82. The van der Waals surface area contributed by atoms with Crippen LogP contribution in [0.2, 0.25) is 0 Å². The highest BCUT2D eigenvalue weighted by atomic mass is 32.2. The number of nitrogens with zero attached hydrogens (tertiary/aromatic N) is 2. The lowest BCUT2D eigenvalue weighted by Crippen LogP contribution is -2.28. The normalized spacial score (nSPS) is 11.7. The number of nitrogen functional groups attached to an aromatic ring is 1. The van der Waals surface area contributed by atoms with Crippen molar-refractivity contribution in [1.82, 2.24) is 14.3 Å². The van der Waals surface area contributed by atoms with Gasteiger partial charge in [-0.05, 0) is 18.2 Å². The van der Waals surface area contributed by atoms with Crippen molar-refractivity contribution in [1.29, 1.82) is 0 Å². The molecule has 2 rings (SSSR count). The molecule has 9 heteroatoms. The van der Waals surface area contributed by atoms with Crippen LogP contribution in [-0.2, 0) is 16.6 Å². The standard InChI is InChI=1S/C12H14N4O4S/c1-16(7-11-14-4-5-15-11)21(19,20)10-6-8(13)2-3-9(10)12(17)18/h2-6H,7,13H2,1H3,(H,14,15)(H,17,18). The molecule has 0 saturated carbocycles. The molecule has 0 bridgehead atoms. The van der Waals surface area contributed by atoms with Gasteiger partial charge in [0.25, 0.3) is 0 Å². The van der Waals surface area contributed by atoms with Gasteiger partial charge in [0, 0.05) is 25.1 Å². The highest BCUT2D eigenvalue weighted by Gasteiger charge is 2.27. The van der Waals surface area contributed by atoms with Crippen LogP contribution in [0.1, 0.15) is 16.2 Å². The second-order valence-corrected chi connectivity index (χ2v) is 6.37. The van der Waals surface area contributed by atoms with Crippen molar-refractivity contribution in [2.75, 3.05) is 12.8 Å². The van der Waals surface area contributed by atoms with Gasteiger partial charge in [-0.1, -0.05) is 0 Å². The van der Waals surface area contributed by atoms with Gasteiger partial charge in [-0.15, -0.1) is 0 Å². The first-order valence-electron chi connectivity index (χ1n) is 5.90. The first-order valence-corrected chi connectivity index (χ1v) is 7.34. The van der Waals surface area contributed by atoms with E-state index in [0.717, 1.165) is 10.4 Å². The summed E-state index contributed by atoms with van der Waals surface area (Å²) in [5.74, 6) is -0.887. The average Bonchev–Trinajstić information content (AvgIpc) is 2.91. The predicted molar refractivity (Wildman–Crippen MR) is 75.1 cm³/mol. The van der Waals surface area contributed by atoms with Crippen molar-refractivity contribution < 1.29 is 18.3 Å². The second kappa shape index (κ2) is 5.54. The number of aromatic carboxylic acids is 1. The molecular formula is C12H14N4O4S. The third-order valence-corrected chi connectivity index (χ3v) is 4.69. The van der Waals surface area contributed by atoms with Crippen molar-refractivity contribution >= 4 is 21.7 Å². The van der Waals surface area contributed by atoms with Gasteiger partial charge in [-0.25, -0.2) is 18.2 Å². The molecule has 4 N–H and O–H groups in total. The van der Waals surface area contributed by atoms with Gasteiger partial charge < -0.3 is 15.8 Å². The number of carbonyl (C=O) groups is 1. The molecule has 0 saturated heterocycles. The zero-order chi connectivity index (χ0) is 15.6. The molecular weight excluding hydrogens is 296 g/mol. The number of aromatic nitrogens is 2. The number of imidazole rings is 1. The molecule has 1 heterocycles. The summed E-state index contributed by atoms with van der Waals surface area (Å²) in [6.45, 7) is -0.0107. The van der Waals surface area contributed by atoms with E-state index in [9.17, 15) is 13.2 Å². The Balaban J connectivity index is 2.43. The number of H-pyrrole nitrogens is 1. The minimum absolute atomic E-state index is 0.0107. The molecule has 1 aromatic carbocycles. The maximum Gasteiger partial charge on any atom is 0.337 e. The third-order valence-electron chi connectivity index (χ3n) is 2.85. The number of hydrogen-bond donors (Lipinski definition) is 3. The quantitative estimate of drug-likeness (QED) is 0.690. The van der Waals surface area contributed by atoms with Gasteiger partial charge in [-0.2, -0.15) is 4.31 Å². The predicted octanol–water partition coefficient (Wildman–Crippen LogP) is 0.511. The maximum absolute atomic E-state index is 12.5. The van der Waals surface area contributed by atoms with Gasteiger partial charge in [-0.3, -0.25) is 0 Å². The van der Waals surface area contributed by atoms with Crippen LogP contribution in [0, 0.1) is 0 Å². The Morgan fingerprint density at radius 3 is 2.76 bits per heavy atom. The van der Waals surface area contributed by atoms with E-state index in [1.165, 1.54) is 25.4 Å². The summed E-state index contributed by atoms with van der Waals surface area (Å²) in [7, 11) is -2.66. The van der Waals surface area contributed by atoms with Crippen LogP contribution < -0.4 is 5.73 Å². The molecule has 0 fully saturated rings. The van der Waals surface area contributed by atoms with Gasteiger partial charge in [0.15, 0.2) is 0 Å². The van der Waals surface area contributed by atoms with Crippen LogP contribution in [-0.4, -0.2) is 40.8 Å². The van der Waals surface area contributed by atoms with E-state index in [4.69, 9.17) is 10.8 Å². The summed E-state index contributed by atoms with van der Waals surface area (Å²) >= 11 is 0. The Hall–Kier alpha value is -2.39. The van der Waals surface area contributed by atoms with Crippen molar-refractivity contribution in [2.24, 2.45) is 0 Å². The van der Waals surface area contributed by atoms with Crippen molar-refractivity contribution in [3.8, 4) is 0 Å². The Labute approximate surface area is 121 Å². The van der Waals surface area contributed by atoms with Crippen LogP contribution in [0.25, 0.3) is 0 Å². The molecule has 0 atom stereocenters. The van der Waals surface area contributed by atoms with Crippen LogP contribution in [0.3, 0.4) is 0 Å². The fourth-order valence-electron chi connectivity index (χ4n) is 1.78. The fourth-order valence-corrected chi connectivity index (χ4v) is 3.12. The Bertz CT molecular complexity index is 756. The van der Waals surface area contributed by atoms with Crippen LogP contribution in [0.5, 0.6) is 0 Å². The van der Waals surface area contributed by atoms with E-state index in [2.05, 4.69) is 9.97 Å². The summed E-state index contributed by atoms with van der Waals surface area (Å²) in [5.41, 5.74) is 5.41. The molecule has 0 aliphatic heterocycles. The number of anilines is 1. The van der Waals surface area contributed by atoms with Gasteiger partial charge in [0.1, 0.15) is 5.82 Å². The number of carboxylic acids is 1. The molecule has 8 nitrogen and oxygen atoms in total. The molecule has 0 amide bonds. The number of rotatable bonds is 5. The fraction of sp³-hybridized carbons (Fsp3) is 0.167. The second-order valence-electron chi connectivity index (χ2n) is 4.36. The largest absolute Gasteiger partial charge is 0.478 e. The zero-order valence-electron chi connectivity index (χ0n) is 11.1. The minimum atomic E-state index is -4.00. The highest BCUT2D eigenvalue weighted by Crippen LogP contribution is 2.23. The third kappa shape index (κ3) is 3.03. The van der Waals surface area contributed by atoms with Crippen LogP contribution in [0.4, 0.5) is 5.69 Å². The van der Waals surface area contributed by atoms with Crippen molar-refractivity contribution in [3.05, 3.63) is 42.0 Å². The van der Waals surface area contributed by atoms with Crippen LogP contribution in [0.15, 0.2) is 35.5 Å². The number of carboxylic acid groups (broad SMARTS) is 1. The molecule has 0 unspecified atom stereocenters. The molecule has 0 spiro atoms. The van der Waals surface area contributed by atoms with E-state index >= 15 is 0 Å². The molecule has 21 heavy (non-hydrogen) atoms. The summed E-state index contributed by atoms with van der Waals surface area (Å²) in [6, 6.07) is 3.65. The van der Waals surface area contributed by atoms with Gasteiger partial charge in [0.05, 0.1) is 17.0 Å². The molecule has 0 radical (unpaired) electrons. The lowest BCUT2D eigenvalue weighted by Gasteiger charge is -2.17. The van der Waals surface area contributed by atoms with Crippen LogP contribution >= 0.6 is 0 Å². The summed E-state index contributed by atoms with van der Waals surface area (Å²) in [5, 5.41) is 9.12. The highest BCUT2D eigenvalue weighted by molar-refractivity contribution is 7.89. The first kappa shape index (κ1) is 15.0. The number of aromatic amines is 1. The topological polar surface area (TPSA) is 129 Å². The monoisotopic (exact) mass is 310 g/mol. The van der Waals surface area contributed by atoms with Gasteiger partial charge in [0.2, 0.25) is 10.0 Å².